The first-order chi connectivity index (χ1) is 11.2. The molecular weight excluding hydrogens is 308 g/mol. The third-order valence-electron chi connectivity index (χ3n) is 3.44. The van der Waals surface area contributed by atoms with Crippen molar-refractivity contribution in [2.24, 2.45) is 0 Å². The lowest BCUT2D eigenvalue weighted by Gasteiger charge is -2.13. The van der Waals surface area contributed by atoms with Gasteiger partial charge in [-0.25, -0.2) is 4.98 Å². The van der Waals surface area contributed by atoms with Crippen LogP contribution in [0.1, 0.15) is 6.92 Å². The van der Waals surface area contributed by atoms with E-state index in [1.807, 2.05) is 65.2 Å². The van der Waals surface area contributed by atoms with Gasteiger partial charge in [0.2, 0.25) is 0 Å². The van der Waals surface area contributed by atoms with Gasteiger partial charge < -0.3 is 5.11 Å². The number of imidazole rings is 1. The molecule has 0 amide bonds. The molecule has 0 fully saturated rings. The van der Waals surface area contributed by atoms with E-state index in [4.69, 9.17) is 0 Å². The molecule has 0 saturated carbocycles. The zero-order chi connectivity index (χ0) is 16.2. The molecule has 3 rings (SSSR count). The van der Waals surface area contributed by atoms with Gasteiger partial charge in [0.1, 0.15) is 5.25 Å². The van der Waals surface area contributed by atoms with E-state index in [0.29, 0.717) is 5.16 Å². The number of carbonyl (C=O) groups is 1. The first kappa shape index (κ1) is 15.4. The maximum absolute atomic E-state index is 11.2. The van der Waals surface area contributed by atoms with Crippen LogP contribution in [-0.2, 0) is 4.79 Å². The van der Waals surface area contributed by atoms with Crippen molar-refractivity contribution in [2.75, 3.05) is 0 Å². The van der Waals surface area contributed by atoms with Gasteiger partial charge in [-0.15, -0.1) is 0 Å². The van der Waals surface area contributed by atoms with E-state index < -0.39 is 11.2 Å². The molecule has 1 heterocycles. The summed E-state index contributed by atoms with van der Waals surface area (Å²) in [7, 11) is 0. The standard InChI is InChI=1S/C18H16N2O2S/c1-13(17(21)22)23-18-19-12-16(14-8-4-2-5-9-14)20(18)15-10-6-3-7-11-15/h2-13H,1H3,(H,21,22)/t13-/m0/s1. The number of aliphatic carboxylic acids is 1. The van der Waals surface area contributed by atoms with Crippen LogP contribution in [0.3, 0.4) is 0 Å². The van der Waals surface area contributed by atoms with Crippen LogP contribution in [0.25, 0.3) is 16.9 Å². The predicted molar refractivity (Wildman–Crippen MR) is 92.0 cm³/mol. The van der Waals surface area contributed by atoms with Crippen molar-refractivity contribution < 1.29 is 9.90 Å². The summed E-state index contributed by atoms with van der Waals surface area (Å²) in [4.78, 5) is 15.6. The fourth-order valence-electron chi connectivity index (χ4n) is 2.27. The summed E-state index contributed by atoms with van der Waals surface area (Å²) in [6.45, 7) is 1.67. The first-order valence-electron chi connectivity index (χ1n) is 7.25. The van der Waals surface area contributed by atoms with Crippen LogP contribution in [0.5, 0.6) is 0 Å². The number of rotatable bonds is 5. The zero-order valence-electron chi connectivity index (χ0n) is 12.6. The summed E-state index contributed by atoms with van der Waals surface area (Å²) < 4.78 is 2.00. The number of carboxylic acids is 1. The topological polar surface area (TPSA) is 55.1 Å². The maximum atomic E-state index is 11.2. The number of hydrogen-bond acceptors (Lipinski definition) is 3. The van der Waals surface area contributed by atoms with Gasteiger partial charge in [-0.1, -0.05) is 60.3 Å². The normalized spacial score (nSPS) is 12.0. The van der Waals surface area contributed by atoms with Crippen LogP contribution in [0.15, 0.2) is 72.0 Å². The van der Waals surface area contributed by atoms with Crippen molar-refractivity contribution in [3.63, 3.8) is 0 Å². The molecule has 1 aromatic heterocycles. The largest absolute Gasteiger partial charge is 0.480 e. The third-order valence-corrected chi connectivity index (χ3v) is 4.50. The summed E-state index contributed by atoms with van der Waals surface area (Å²) in [5.74, 6) is -0.848. The Labute approximate surface area is 138 Å². The molecule has 1 atom stereocenters. The number of nitrogens with zero attached hydrogens (tertiary/aromatic N) is 2. The Morgan fingerprint density at radius 1 is 1.09 bits per heavy atom. The molecule has 0 aliphatic heterocycles. The van der Waals surface area contributed by atoms with Crippen molar-refractivity contribution in [2.45, 2.75) is 17.3 Å². The van der Waals surface area contributed by atoms with E-state index in [9.17, 15) is 9.90 Å². The summed E-state index contributed by atoms with van der Waals surface area (Å²) in [5.41, 5.74) is 2.94. The van der Waals surface area contributed by atoms with Crippen LogP contribution in [0.4, 0.5) is 0 Å². The molecule has 1 N–H and O–H groups in total. The molecule has 0 bridgehead atoms. The van der Waals surface area contributed by atoms with Crippen molar-refractivity contribution in [1.82, 2.24) is 9.55 Å². The monoisotopic (exact) mass is 324 g/mol. The highest BCUT2D eigenvalue weighted by Crippen LogP contribution is 2.31. The number of para-hydroxylation sites is 1. The van der Waals surface area contributed by atoms with E-state index >= 15 is 0 Å². The Balaban J connectivity index is 2.11. The van der Waals surface area contributed by atoms with E-state index in [-0.39, 0.29) is 0 Å². The highest BCUT2D eigenvalue weighted by Gasteiger charge is 2.19. The van der Waals surface area contributed by atoms with Crippen molar-refractivity contribution in [1.29, 1.82) is 0 Å². The van der Waals surface area contributed by atoms with E-state index in [2.05, 4.69) is 4.98 Å². The molecule has 0 aliphatic carbocycles. The summed E-state index contributed by atoms with van der Waals surface area (Å²) >= 11 is 1.24. The summed E-state index contributed by atoms with van der Waals surface area (Å²) in [5, 5.41) is 9.28. The lowest BCUT2D eigenvalue weighted by molar-refractivity contribution is -0.136. The fourth-order valence-corrected chi connectivity index (χ4v) is 3.11. The zero-order valence-corrected chi connectivity index (χ0v) is 13.4. The van der Waals surface area contributed by atoms with Crippen LogP contribution < -0.4 is 0 Å². The quantitative estimate of drug-likeness (QED) is 0.718. The van der Waals surface area contributed by atoms with Gasteiger partial charge >= 0.3 is 5.97 Å². The summed E-state index contributed by atoms with van der Waals surface area (Å²) in [6, 6.07) is 19.8. The molecule has 0 aliphatic rings. The lowest BCUT2D eigenvalue weighted by Crippen LogP contribution is -2.12. The molecular formula is C18H16N2O2S. The highest BCUT2D eigenvalue weighted by atomic mass is 32.2. The van der Waals surface area contributed by atoms with Gasteiger partial charge in [0.05, 0.1) is 11.9 Å². The van der Waals surface area contributed by atoms with Gasteiger partial charge in [-0.2, -0.15) is 0 Å². The average Bonchev–Trinajstić information content (AvgIpc) is 3.00. The number of aromatic nitrogens is 2. The van der Waals surface area contributed by atoms with Gasteiger partial charge in [-0.05, 0) is 19.1 Å². The molecule has 0 saturated heterocycles. The molecule has 0 spiro atoms. The number of benzene rings is 2. The second-order valence-electron chi connectivity index (χ2n) is 5.06. The minimum absolute atomic E-state index is 0.566. The van der Waals surface area contributed by atoms with Crippen LogP contribution in [0.2, 0.25) is 0 Å². The molecule has 116 valence electrons. The van der Waals surface area contributed by atoms with E-state index in [1.165, 1.54) is 11.8 Å². The number of thioether (sulfide) groups is 1. The fraction of sp³-hybridized carbons (Fsp3) is 0.111. The van der Waals surface area contributed by atoms with Crippen LogP contribution >= 0.6 is 11.8 Å². The maximum Gasteiger partial charge on any atom is 0.316 e. The molecule has 5 heteroatoms. The second-order valence-corrected chi connectivity index (χ2v) is 6.37. The average molecular weight is 324 g/mol. The number of hydrogen-bond donors (Lipinski definition) is 1. The Morgan fingerprint density at radius 2 is 1.70 bits per heavy atom. The molecule has 0 unspecified atom stereocenters. The Morgan fingerprint density at radius 3 is 2.30 bits per heavy atom. The minimum atomic E-state index is -0.848. The Bertz CT molecular complexity index is 800. The van der Waals surface area contributed by atoms with Crippen LogP contribution in [0, 0.1) is 0 Å². The molecule has 2 aromatic carbocycles. The highest BCUT2D eigenvalue weighted by molar-refractivity contribution is 8.00. The molecule has 0 radical (unpaired) electrons. The minimum Gasteiger partial charge on any atom is -0.480 e. The van der Waals surface area contributed by atoms with Gasteiger partial charge in [0, 0.05) is 11.3 Å². The predicted octanol–water partition coefficient (Wildman–Crippen LogP) is 4.10. The number of carboxylic acid groups (broad SMARTS) is 1. The lowest BCUT2D eigenvalue weighted by atomic mass is 10.1. The van der Waals surface area contributed by atoms with Gasteiger partial charge in [0.15, 0.2) is 5.16 Å². The summed E-state index contributed by atoms with van der Waals surface area (Å²) in [6.07, 6.45) is 1.79. The Kier molecular flexibility index (Phi) is 4.48. The van der Waals surface area contributed by atoms with Crippen molar-refractivity contribution in [3.05, 3.63) is 66.9 Å². The van der Waals surface area contributed by atoms with Crippen molar-refractivity contribution in [3.8, 4) is 16.9 Å². The van der Waals surface area contributed by atoms with E-state index in [1.54, 1.807) is 13.1 Å². The van der Waals surface area contributed by atoms with Crippen molar-refractivity contribution >= 4 is 17.7 Å². The molecule has 4 nitrogen and oxygen atoms in total. The third kappa shape index (κ3) is 3.29. The molecule has 23 heavy (non-hydrogen) atoms. The second kappa shape index (κ2) is 6.71. The Hall–Kier alpha value is -2.53. The smallest absolute Gasteiger partial charge is 0.316 e. The van der Waals surface area contributed by atoms with Gasteiger partial charge in [-0.3, -0.25) is 9.36 Å². The van der Waals surface area contributed by atoms with Gasteiger partial charge in [0.25, 0.3) is 0 Å². The molecule has 3 aromatic rings. The SMILES string of the molecule is C[C@H](Sc1ncc(-c2ccccc2)n1-c1ccccc1)C(=O)O. The van der Waals surface area contributed by atoms with Crippen LogP contribution in [-0.4, -0.2) is 25.9 Å². The van der Waals surface area contributed by atoms with E-state index in [0.717, 1.165) is 16.9 Å². The first-order valence-corrected chi connectivity index (χ1v) is 8.13.